The van der Waals surface area contributed by atoms with Crippen LogP contribution in [0.1, 0.15) is 10.4 Å². The predicted octanol–water partition coefficient (Wildman–Crippen LogP) is -0.0648. The van der Waals surface area contributed by atoms with Crippen LogP contribution in [0.4, 0.5) is 5.69 Å². The monoisotopic (exact) mass is 368 g/mol. The number of quaternary nitrogens is 1. The molecule has 5 nitrogen and oxygen atoms in total. The lowest BCUT2D eigenvalue weighted by Gasteiger charge is -2.21. The van der Waals surface area contributed by atoms with E-state index in [1.165, 1.54) is 12.1 Å². The lowest BCUT2D eigenvalue weighted by molar-refractivity contribution is -0.870. The summed E-state index contributed by atoms with van der Waals surface area (Å²) in [5, 5.41) is 18.6. The fourth-order valence-electron chi connectivity index (χ4n) is 0.966. The molecule has 0 aliphatic rings. The Labute approximate surface area is 125 Å². The van der Waals surface area contributed by atoms with E-state index in [0.29, 0.717) is 5.69 Å². The smallest absolute Gasteiger partial charge is 0.101 e. The Kier molecular flexibility index (Phi) is 9.87. The van der Waals surface area contributed by atoms with Crippen molar-refractivity contribution < 1.29 is 19.5 Å². The van der Waals surface area contributed by atoms with Gasteiger partial charge in [0.05, 0.1) is 33.7 Å². The first-order chi connectivity index (χ1) is 7.76. The Morgan fingerprint density at radius 2 is 1.94 bits per heavy atom. The standard InChI is InChI=1S/C7H7NO2.C5H14NO.HI/c8-6-3-1-2-5(4-6)7(9)10;1-6(2,3)4-5-7;/h1-4H,8H2,(H,9,10);7H,4-5H2,1-3H3;1H/q;+1;/p-1. The molecule has 6 heteroatoms. The van der Waals surface area contributed by atoms with Gasteiger partial charge in [-0.05, 0) is 17.7 Å². The van der Waals surface area contributed by atoms with Crippen molar-refractivity contribution in [1.82, 2.24) is 0 Å². The molecule has 0 fully saturated rings. The molecule has 0 unspecified atom stereocenters. The second-order valence-electron chi connectivity index (χ2n) is 4.65. The molecule has 0 atom stereocenters. The highest BCUT2D eigenvalue weighted by atomic mass is 127. The predicted molar refractivity (Wildman–Crippen MR) is 80.6 cm³/mol. The minimum atomic E-state index is -1.20. The highest BCUT2D eigenvalue weighted by molar-refractivity contribution is 14.0. The van der Waals surface area contributed by atoms with Gasteiger partial charge in [-0.3, -0.25) is 0 Å². The van der Waals surface area contributed by atoms with E-state index < -0.39 is 5.97 Å². The number of carbonyl (C=O) groups is 1. The van der Waals surface area contributed by atoms with Gasteiger partial charge in [-0.1, -0.05) is 12.1 Å². The second-order valence-corrected chi connectivity index (χ2v) is 4.65. The molecule has 0 spiro atoms. The molecule has 0 heterocycles. The van der Waals surface area contributed by atoms with Crippen molar-refractivity contribution in [3.63, 3.8) is 0 Å². The summed E-state index contributed by atoms with van der Waals surface area (Å²) in [6, 6.07) is 5.98. The van der Waals surface area contributed by atoms with Crippen molar-refractivity contribution in [2.75, 3.05) is 40.0 Å². The zero-order chi connectivity index (χ0) is 13.5. The molecular weight excluding hydrogens is 347 g/mol. The molecule has 0 aromatic heterocycles. The first kappa shape index (κ1) is 19.5. The number of carbonyl (C=O) groups excluding carboxylic acids is 1. The van der Waals surface area contributed by atoms with E-state index in [9.17, 15) is 9.90 Å². The van der Waals surface area contributed by atoms with E-state index in [1.54, 1.807) is 12.1 Å². The van der Waals surface area contributed by atoms with Crippen molar-refractivity contribution in [2.45, 2.75) is 0 Å². The molecule has 0 saturated carbocycles. The summed E-state index contributed by atoms with van der Waals surface area (Å²) in [6.07, 6.45) is 0. The molecule has 0 aliphatic carbocycles. The van der Waals surface area contributed by atoms with Crippen LogP contribution in [-0.2, 0) is 0 Å². The average molecular weight is 368 g/mol. The molecule has 0 saturated heterocycles. The van der Waals surface area contributed by atoms with Gasteiger partial charge in [0.15, 0.2) is 0 Å². The molecule has 1 rings (SSSR count). The molecule has 3 N–H and O–H groups in total. The van der Waals surface area contributed by atoms with E-state index >= 15 is 0 Å². The number of nitrogens with two attached hydrogens (primary N) is 1. The lowest BCUT2D eigenvalue weighted by Crippen LogP contribution is -2.36. The Morgan fingerprint density at radius 1 is 1.39 bits per heavy atom. The van der Waals surface area contributed by atoms with E-state index in [-0.39, 0.29) is 36.1 Å². The largest absolute Gasteiger partial charge is 0.545 e. The Balaban J connectivity index is 0. The number of hydrogen-bond donors (Lipinski definition) is 2. The van der Waals surface area contributed by atoms with Gasteiger partial charge in [0.25, 0.3) is 0 Å². The summed E-state index contributed by atoms with van der Waals surface area (Å²) in [7, 11) is 6.16. The molecule has 18 heavy (non-hydrogen) atoms. The van der Waals surface area contributed by atoms with Gasteiger partial charge in [0, 0.05) is 5.69 Å². The van der Waals surface area contributed by atoms with Crippen molar-refractivity contribution >= 4 is 35.6 Å². The van der Waals surface area contributed by atoms with Gasteiger partial charge >= 0.3 is 0 Å². The number of halogens is 1. The van der Waals surface area contributed by atoms with Crippen LogP contribution in [0.2, 0.25) is 0 Å². The zero-order valence-electron chi connectivity index (χ0n) is 10.9. The number of anilines is 1. The van der Waals surface area contributed by atoms with E-state index in [1.807, 2.05) is 0 Å². The molecule has 1 aromatic rings. The minimum Gasteiger partial charge on any atom is -0.545 e. The summed E-state index contributed by atoms with van der Waals surface area (Å²) in [5.74, 6) is -1.20. The molecule has 0 bridgehead atoms. The number of nitrogens with zero attached hydrogens (tertiary/aromatic N) is 1. The molecule has 1 aromatic carbocycles. The third-order valence-electron chi connectivity index (χ3n) is 1.89. The van der Waals surface area contributed by atoms with Crippen LogP contribution >= 0.6 is 24.0 Å². The van der Waals surface area contributed by atoms with Crippen molar-refractivity contribution in [1.29, 1.82) is 0 Å². The van der Waals surface area contributed by atoms with E-state index in [0.717, 1.165) is 11.0 Å². The normalized spacial score (nSPS) is 9.78. The van der Waals surface area contributed by atoms with Crippen LogP contribution in [0, 0.1) is 0 Å². The maximum absolute atomic E-state index is 10.2. The highest BCUT2D eigenvalue weighted by Gasteiger charge is 2.02. The molecule has 0 aliphatic heterocycles. The van der Waals surface area contributed by atoms with E-state index in [4.69, 9.17) is 10.8 Å². The van der Waals surface area contributed by atoms with Crippen molar-refractivity contribution in [2.24, 2.45) is 0 Å². The summed E-state index contributed by atoms with van der Waals surface area (Å²) < 4.78 is 0.844. The van der Waals surface area contributed by atoms with Gasteiger partial charge in [-0.2, -0.15) is 0 Å². The number of carboxylic acids is 1. The van der Waals surface area contributed by atoms with Crippen molar-refractivity contribution in [3.8, 4) is 0 Å². The Hall–Kier alpha value is -0.860. The summed E-state index contributed by atoms with van der Waals surface area (Å²) in [4.78, 5) is 10.2. The number of rotatable bonds is 3. The van der Waals surface area contributed by atoms with Crippen LogP contribution in [0.25, 0.3) is 0 Å². The van der Waals surface area contributed by atoms with Crippen LogP contribution in [0.15, 0.2) is 24.3 Å². The summed E-state index contributed by atoms with van der Waals surface area (Å²) in [6.45, 7) is 1.11. The molecule has 0 amide bonds. The van der Waals surface area contributed by atoms with Crippen LogP contribution in [-0.4, -0.2) is 49.9 Å². The maximum atomic E-state index is 10.2. The van der Waals surface area contributed by atoms with Gasteiger partial charge in [-0.15, -0.1) is 24.0 Å². The Morgan fingerprint density at radius 3 is 2.17 bits per heavy atom. The third-order valence-corrected chi connectivity index (χ3v) is 1.89. The average Bonchev–Trinajstić information content (AvgIpc) is 2.16. The summed E-state index contributed by atoms with van der Waals surface area (Å²) >= 11 is 0. The number of benzene rings is 1. The number of aliphatic hydroxyl groups is 1. The fourth-order valence-corrected chi connectivity index (χ4v) is 0.966. The molecule has 0 radical (unpaired) electrons. The number of nitrogen functional groups attached to an aromatic ring is 1. The lowest BCUT2D eigenvalue weighted by atomic mass is 10.2. The number of aromatic carboxylic acids is 1. The first-order valence-corrected chi connectivity index (χ1v) is 5.24. The van der Waals surface area contributed by atoms with Crippen molar-refractivity contribution in [3.05, 3.63) is 29.8 Å². The molecule has 104 valence electrons. The maximum Gasteiger partial charge on any atom is 0.101 e. The quantitative estimate of drug-likeness (QED) is 0.445. The Bertz CT molecular complexity index is 365. The SMILES string of the molecule is C[N+](C)(C)CCO.I.Nc1cccc(C(=O)[O-])c1. The fraction of sp³-hybridized carbons (Fsp3) is 0.417. The van der Waals surface area contributed by atoms with Crippen LogP contribution in [0.3, 0.4) is 0 Å². The van der Waals surface area contributed by atoms with Crippen LogP contribution < -0.4 is 10.8 Å². The molecular formula is C12H21IN2O3. The summed E-state index contributed by atoms with van der Waals surface area (Å²) in [5.41, 5.74) is 5.85. The highest BCUT2D eigenvalue weighted by Crippen LogP contribution is 2.04. The number of hydrogen-bond acceptors (Lipinski definition) is 4. The minimum absolute atomic E-state index is 0. The topological polar surface area (TPSA) is 86.4 Å². The first-order valence-electron chi connectivity index (χ1n) is 5.24. The van der Waals surface area contributed by atoms with Gasteiger partial charge in [-0.25, -0.2) is 0 Å². The van der Waals surface area contributed by atoms with Gasteiger partial charge < -0.3 is 25.2 Å². The third kappa shape index (κ3) is 10.3. The van der Waals surface area contributed by atoms with Crippen LogP contribution in [0.5, 0.6) is 0 Å². The zero-order valence-corrected chi connectivity index (χ0v) is 13.3. The van der Waals surface area contributed by atoms with E-state index in [2.05, 4.69) is 21.1 Å². The number of aliphatic hydroxyl groups excluding tert-OH is 1. The van der Waals surface area contributed by atoms with Gasteiger partial charge in [0.1, 0.15) is 6.54 Å². The number of carboxylic acid groups (broad SMARTS) is 1. The second kappa shape index (κ2) is 9.12. The van der Waals surface area contributed by atoms with Gasteiger partial charge in [0.2, 0.25) is 0 Å². The number of likely N-dealkylation sites (N-methyl/N-ethyl adjacent to an activating group) is 1.